The number of fused-ring (bicyclic) bond motifs is 1. The van der Waals surface area contributed by atoms with Gasteiger partial charge in [0, 0.05) is 43.5 Å². The fourth-order valence-electron chi connectivity index (χ4n) is 9.30. The van der Waals surface area contributed by atoms with Crippen LogP contribution in [0.15, 0.2) is 36.4 Å². The lowest BCUT2D eigenvalue weighted by Gasteiger charge is -2.42. The number of nitrogens with zero attached hydrogens (tertiary/aromatic N) is 7. The van der Waals surface area contributed by atoms with Crippen molar-refractivity contribution in [3.63, 3.8) is 0 Å². The van der Waals surface area contributed by atoms with Crippen LogP contribution in [0.25, 0.3) is 10.9 Å². The summed E-state index contributed by atoms with van der Waals surface area (Å²) in [7, 11) is 1.74. The maximum absolute atomic E-state index is 13.7. The van der Waals surface area contributed by atoms with E-state index in [9.17, 15) is 37.6 Å². The number of benzene rings is 2. The Kier molecular flexibility index (Phi) is 12.5. The number of urea groups is 1. The normalized spacial score (nSPS) is 25.0. The molecule has 3 saturated heterocycles. The minimum absolute atomic E-state index is 0.00486. The number of piperidine rings is 1. The summed E-state index contributed by atoms with van der Waals surface area (Å²) in [5, 5.41) is 20.0. The van der Waals surface area contributed by atoms with Crippen molar-refractivity contribution in [1.29, 1.82) is 5.26 Å². The number of carbonyl (C=O) groups is 4. The molecule has 15 nitrogen and oxygen atoms in total. The summed E-state index contributed by atoms with van der Waals surface area (Å²) in [6, 6.07) is 9.70. The third-order valence-electron chi connectivity index (χ3n) is 12.3. The van der Waals surface area contributed by atoms with Crippen LogP contribution in [0.4, 0.5) is 35.2 Å². The standard InChI is InChI=1S/C42H50F3N9O6S/c1-24-19-30(20-25(2)52(24)23-35(56)47-33-8-6-7-31-36(33)50(5)49-37(31)51-16-15-34(55)48-39(51)58)60-18-17-59-29-13-11-27(12-14-29)54-40(61)53(38(57)41(54,3)4)28-10-9-26(22-46)32(21-28)42(43,44)45/h6-10,21,24-25,27,29-30H,11-20,23H2,1-5H3,(H,47,56)(H,48,55,58)/t24-,25+,27-,29-,30+. The number of rotatable bonds is 11. The SMILES string of the molecule is C[C@@H]1C[C@H](OCCO[C@H]2CC[C@H](N3C(=S)N(c4ccc(C#N)c(C(F)(F)F)c4)C(=O)C3(C)C)CC2)C[C@H](C)N1CC(=O)Nc1cccc2c(N3CCC(=O)NC3=O)nn(C)c12. The molecule has 1 aromatic heterocycles. The molecule has 7 rings (SSSR count). The number of halogens is 3. The number of amides is 5. The van der Waals surface area contributed by atoms with Crippen LogP contribution >= 0.6 is 12.2 Å². The first-order chi connectivity index (χ1) is 28.9. The van der Waals surface area contributed by atoms with Crippen LogP contribution in [0.3, 0.4) is 0 Å². The number of para-hydroxylation sites is 1. The van der Waals surface area contributed by atoms with Gasteiger partial charge in [-0.2, -0.15) is 23.5 Å². The van der Waals surface area contributed by atoms with Crippen LogP contribution < -0.4 is 20.4 Å². The highest BCUT2D eigenvalue weighted by Crippen LogP contribution is 2.41. The number of nitrogens with one attached hydrogen (secondary N) is 2. The van der Waals surface area contributed by atoms with E-state index in [1.54, 1.807) is 43.8 Å². The fourth-order valence-corrected chi connectivity index (χ4v) is 9.87. The van der Waals surface area contributed by atoms with Crippen molar-refractivity contribution in [2.75, 3.05) is 41.4 Å². The molecule has 4 aliphatic rings. The van der Waals surface area contributed by atoms with Gasteiger partial charge in [0.05, 0.1) is 66.1 Å². The number of nitriles is 1. The molecule has 2 aromatic carbocycles. The van der Waals surface area contributed by atoms with Gasteiger partial charge in [-0.25, -0.2) is 4.79 Å². The smallest absolute Gasteiger partial charge is 0.376 e. The van der Waals surface area contributed by atoms with Gasteiger partial charge in [0.2, 0.25) is 11.8 Å². The fraction of sp³-hybridized carbons (Fsp3) is 0.548. The monoisotopic (exact) mass is 865 g/mol. The van der Waals surface area contributed by atoms with Crippen molar-refractivity contribution in [1.82, 2.24) is 24.9 Å². The number of hydrogen-bond donors (Lipinski definition) is 2. The lowest BCUT2D eigenvalue weighted by Crippen LogP contribution is -2.51. The van der Waals surface area contributed by atoms with Gasteiger partial charge in [0.15, 0.2) is 10.9 Å². The number of anilines is 3. The first kappa shape index (κ1) is 43.9. The van der Waals surface area contributed by atoms with E-state index in [4.69, 9.17) is 21.7 Å². The summed E-state index contributed by atoms with van der Waals surface area (Å²) >= 11 is 5.73. The molecule has 1 aliphatic carbocycles. The molecule has 4 fully saturated rings. The molecule has 1 saturated carbocycles. The highest BCUT2D eigenvalue weighted by molar-refractivity contribution is 7.80. The quantitative estimate of drug-likeness (QED) is 0.176. The number of carbonyl (C=O) groups excluding carboxylic acids is 4. The summed E-state index contributed by atoms with van der Waals surface area (Å²) in [6.07, 6.45) is -0.357. The van der Waals surface area contributed by atoms with E-state index in [-0.39, 0.29) is 72.5 Å². The number of hydrogen-bond acceptors (Lipinski definition) is 10. The highest BCUT2D eigenvalue weighted by atomic mass is 32.1. The van der Waals surface area contributed by atoms with E-state index < -0.39 is 34.8 Å². The molecule has 5 amide bonds. The summed E-state index contributed by atoms with van der Waals surface area (Å²) in [5.41, 5.74) is -1.51. The molecule has 0 bridgehead atoms. The summed E-state index contributed by atoms with van der Waals surface area (Å²) in [6.45, 7) is 8.83. The van der Waals surface area contributed by atoms with Crippen molar-refractivity contribution >= 4 is 69.2 Å². The van der Waals surface area contributed by atoms with E-state index in [0.29, 0.717) is 61.3 Å². The Morgan fingerprint density at radius 2 is 1.70 bits per heavy atom. The van der Waals surface area contributed by atoms with Crippen molar-refractivity contribution in [2.24, 2.45) is 7.05 Å². The second-order valence-electron chi connectivity index (χ2n) is 16.8. The summed E-state index contributed by atoms with van der Waals surface area (Å²) in [4.78, 5) is 57.9. The van der Waals surface area contributed by atoms with E-state index in [1.807, 2.05) is 11.0 Å². The van der Waals surface area contributed by atoms with E-state index >= 15 is 0 Å². The molecule has 326 valence electrons. The number of thiocarbonyl (C=S) groups is 1. The minimum atomic E-state index is -4.77. The van der Waals surface area contributed by atoms with Crippen LogP contribution in [0.1, 0.15) is 83.8 Å². The van der Waals surface area contributed by atoms with Crippen LogP contribution in [0.5, 0.6) is 0 Å². The van der Waals surface area contributed by atoms with Crippen molar-refractivity contribution in [3.05, 3.63) is 47.5 Å². The number of aryl methyl sites for hydroxylation is 1. The average molecular weight is 866 g/mol. The second-order valence-corrected chi connectivity index (χ2v) is 17.1. The van der Waals surface area contributed by atoms with Crippen LogP contribution in [0, 0.1) is 11.3 Å². The molecule has 19 heteroatoms. The van der Waals surface area contributed by atoms with Gasteiger partial charge in [-0.05, 0) is 109 Å². The molecule has 2 N–H and O–H groups in total. The lowest BCUT2D eigenvalue weighted by molar-refractivity contribution is -0.137. The molecule has 61 heavy (non-hydrogen) atoms. The number of alkyl halides is 3. The molecule has 0 radical (unpaired) electrons. The third kappa shape index (κ3) is 8.81. The molecule has 3 aliphatic heterocycles. The maximum atomic E-state index is 13.7. The summed E-state index contributed by atoms with van der Waals surface area (Å²) < 4.78 is 55.4. The lowest BCUT2D eigenvalue weighted by atomic mass is 9.89. The van der Waals surface area contributed by atoms with Gasteiger partial charge in [0.25, 0.3) is 5.91 Å². The first-order valence-electron chi connectivity index (χ1n) is 20.5. The Labute approximate surface area is 357 Å². The largest absolute Gasteiger partial charge is 0.417 e. The molecule has 3 aromatic rings. The van der Waals surface area contributed by atoms with Gasteiger partial charge >= 0.3 is 12.2 Å². The maximum Gasteiger partial charge on any atom is 0.417 e. The van der Waals surface area contributed by atoms with E-state index in [0.717, 1.165) is 29.9 Å². The molecule has 0 unspecified atom stereocenters. The molecule has 3 atom stereocenters. The van der Waals surface area contributed by atoms with Crippen LogP contribution in [-0.2, 0) is 37.1 Å². The Hall–Kier alpha value is -5.16. The van der Waals surface area contributed by atoms with E-state index in [2.05, 4.69) is 34.5 Å². The van der Waals surface area contributed by atoms with Crippen LogP contribution in [0.2, 0.25) is 0 Å². The average Bonchev–Trinajstić information content (AvgIpc) is 3.62. The Morgan fingerprint density at radius 1 is 1.03 bits per heavy atom. The van der Waals surface area contributed by atoms with Crippen molar-refractivity contribution in [3.8, 4) is 6.07 Å². The van der Waals surface area contributed by atoms with E-state index in [1.165, 1.54) is 11.0 Å². The van der Waals surface area contributed by atoms with Gasteiger partial charge < -0.3 is 19.7 Å². The number of imide groups is 1. The molecule has 4 heterocycles. The van der Waals surface area contributed by atoms with Crippen molar-refractivity contribution < 1.29 is 41.8 Å². The summed E-state index contributed by atoms with van der Waals surface area (Å²) in [5.74, 6) is -0.521. The Balaban J connectivity index is 0.861. The Morgan fingerprint density at radius 3 is 2.34 bits per heavy atom. The number of aromatic nitrogens is 2. The zero-order valence-electron chi connectivity index (χ0n) is 34.8. The highest BCUT2D eigenvalue weighted by Gasteiger charge is 2.52. The predicted octanol–water partition coefficient (Wildman–Crippen LogP) is 5.85. The Bertz CT molecular complexity index is 2260. The van der Waals surface area contributed by atoms with Crippen LogP contribution in [-0.4, -0.2) is 111 Å². The molecule has 0 spiro atoms. The molecular formula is C42H50F3N9O6S. The third-order valence-corrected chi connectivity index (χ3v) is 12.7. The van der Waals surface area contributed by atoms with Crippen molar-refractivity contribution in [2.45, 2.75) is 115 Å². The first-order valence-corrected chi connectivity index (χ1v) is 20.9. The topological polar surface area (TPSA) is 165 Å². The molecular weight excluding hydrogens is 816 g/mol. The van der Waals surface area contributed by atoms with Gasteiger partial charge in [-0.15, -0.1) is 0 Å². The number of likely N-dealkylation sites (tertiary alicyclic amines) is 1. The van der Waals surface area contributed by atoms with Gasteiger partial charge in [-0.3, -0.25) is 39.1 Å². The minimum Gasteiger partial charge on any atom is -0.376 e. The predicted molar refractivity (Wildman–Crippen MR) is 224 cm³/mol. The second kappa shape index (κ2) is 17.3. The van der Waals surface area contributed by atoms with Gasteiger partial charge in [-0.1, -0.05) is 6.07 Å². The zero-order chi connectivity index (χ0) is 44.0. The zero-order valence-corrected chi connectivity index (χ0v) is 35.6. The number of ether oxygens (including phenoxy) is 2. The van der Waals surface area contributed by atoms with Gasteiger partial charge in [0.1, 0.15) is 5.54 Å².